The second kappa shape index (κ2) is 5.83. The SMILES string of the molecule is N#C/C(=C(\Cl)c1ccc(Cl)cc1F)c1ccncc1. The van der Waals surface area contributed by atoms with Crippen LogP contribution in [-0.2, 0) is 0 Å². The Morgan fingerprint density at radius 2 is 1.89 bits per heavy atom. The molecule has 0 radical (unpaired) electrons. The van der Waals surface area contributed by atoms with E-state index in [0.29, 0.717) is 5.56 Å². The Bertz CT molecular complexity index is 676. The predicted molar refractivity (Wildman–Crippen MR) is 73.9 cm³/mol. The summed E-state index contributed by atoms with van der Waals surface area (Å²) in [7, 11) is 0. The van der Waals surface area contributed by atoms with Gasteiger partial charge in [-0.1, -0.05) is 23.2 Å². The lowest BCUT2D eigenvalue weighted by atomic mass is 10.0. The van der Waals surface area contributed by atoms with Crippen molar-refractivity contribution in [3.8, 4) is 6.07 Å². The maximum absolute atomic E-state index is 13.8. The largest absolute Gasteiger partial charge is 0.265 e. The molecule has 2 aromatic rings. The van der Waals surface area contributed by atoms with Crippen LogP contribution in [0.5, 0.6) is 0 Å². The van der Waals surface area contributed by atoms with Gasteiger partial charge in [-0.2, -0.15) is 5.26 Å². The van der Waals surface area contributed by atoms with Gasteiger partial charge in [-0.05, 0) is 35.9 Å². The van der Waals surface area contributed by atoms with Crippen LogP contribution in [0.1, 0.15) is 11.1 Å². The Morgan fingerprint density at radius 1 is 1.21 bits per heavy atom. The normalized spacial score (nSPS) is 11.7. The first-order valence-electron chi connectivity index (χ1n) is 5.29. The van der Waals surface area contributed by atoms with E-state index >= 15 is 0 Å². The Hall–Kier alpha value is -1.89. The maximum Gasteiger partial charge on any atom is 0.133 e. The molecule has 1 aromatic carbocycles. The summed E-state index contributed by atoms with van der Waals surface area (Å²) in [5.74, 6) is -0.570. The lowest BCUT2D eigenvalue weighted by Crippen LogP contribution is -1.90. The number of nitriles is 1. The molecule has 0 aliphatic carbocycles. The summed E-state index contributed by atoms with van der Waals surface area (Å²) in [5, 5.41) is 9.51. The Kier molecular flexibility index (Phi) is 4.16. The van der Waals surface area contributed by atoms with E-state index in [4.69, 9.17) is 23.2 Å². The summed E-state index contributed by atoms with van der Waals surface area (Å²) in [6.07, 6.45) is 3.07. The molecule has 0 saturated heterocycles. The highest BCUT2D eigenvalue weighted by molar-refractivity contribution is 6.53. The maximum atomic E-state index is 13.8. The molecular formula is C14H7Cl2FN2. The lowest BCUT2D eigenvalue weighted by Gasteiger charge is -2.06. The van der Waals surface area contributed by atoms with E-state index in [1.807, 2.05) is 6.07 Å². The Labute approximate surface area is 119 Å². The zero-order chi connectivity index (χ0) is 13.8. The molecule has 0 atom stereocenters. The van der Waals surface area contributed by atoms with Gasteiger partial charge < -0.3 is 0 Å². The molecule has 0 bridgehead atoms. The zero-order valence-corrected chi connectivity index (χ0v) is 11.1. The van der Waals surface area contributed by atoms with Crippen LogP contribution in [0, 0.1) is 17.1 Å². The van der Waals surface area contributed by atoms with Crippen molar-refractivity contribution in [2.24, 2.45) is 0 Å². The third-order valence-electron chi connectivity index (χ3n) is 2.47. The Balaban J connectivity index is 2.59. The minimum Gasteiger partial charge on any atom is -0.265 e. The highest BCUT2D eigenvalue weighted by atomic mass is 35.5. The molecule has 2 nitrogen and oxygen atoms in total. The van der Waals surface area contributed by atoms with Crippen molar-refractivity contribution in [2.45, 2.75) is 0 Å². The second-order valence-electron chi connectivity index (χ2n) is 3.66. The number of nitrogens with zero attached hydrogens (tertiary/aromatic N) is 2. The van der Waals surface area contributed by atoms with Crippen LogP contribution in [0.15, 0.2) is 42.7 Å². The van der Waals surface area contributed by atoms with Gasteiger partial charge in [-0.3, -0.25) is 4.98 Å². The molecule has 2 rings (SSSR count). The molecule has 0 N–H and O–H groups in total. The number of halogens is 3. The summed E-state index contributed by atoms with van der Waals surface area (Å²) in [6, 6.07) is 9.36. The number of hydrogen-bond donors (Lipinski definition) is 0. The van der Waals surface area contributed by atoms with Crippen molar-refractivity contribution in [3.05, 3.63) is 64.7 Å². The summed E-state index contributed by atoms with van der Waals surface area (Å²) in [4.78, 5) is 3.86. The number of pyridine rings is 1. The fourth-order valence-electron chi connectivity index (χ4n) is 1.56. The van der Waals surface area contributed by atoms with Gasteiger partial charge in [-0.25, -0.2) is 4.39 Å². The van der Waals surface area contributed by atoms with Gasteiger partial charge in [0.25, 0.3) is 0 Å². The van der Waals surface area contributed by atoms with E-state index in [1.165, 1.54) is 24.5 Å². The van der Waals surface area contributed by atoms with Crippen molar-refractivity contribution in [1.29, 1.82) is 5.26 Å². The zero-order valence-electron chi connectivity index (χ0n) is 9.57. The third kappa shape index (κ3) is 2.93. The number of allylic oxidation sites excluding steroid dienone is 1. The van der Waals surface area contributed by atoms with Crippen molar-refractivity contribution < 1.29 is 4.39 Å². The number of hydrogen-bond acceptors (Lipinski definition) is 2. The summed E-state index contributed by atoms with van der Waals surface area (Å²) < 4.78 is 13.8. The summed E-state index contributed by atoms with van der Waals surface area (Å²) in [5.41, 5.74) is 0.904. The lowest BCUT2D eigenvalue weighted by molar-refractivity contribution is 0.625. The smallest absolute Gasteiger partial charge is 0.133 e. The van der Waals surface area contributed by atoms with Gasteiger partial charge in [0, 0.05) is 23.0 Å². The molecule has 19 heavy (non-hydrogen) atoms. The van der Waals surface area contributed by atoms with Crippen LogP contribution in [0.4, 0.5) is 4.39 Å². The fourth-order valence-corrected chi connectivity index (χ4v) is 2.02. The summed E-state index contributed by atoms with van der Waals surface area (Å²) >= 11 is 11.8. The van der Waals surface area contributed by atoms with E-state index in [-0.39, 0.29) is 21.2 Å². The molecule has 94 valence electrons. The van der Waals surface area contributed by atoms with Crippen LogP contribution in [0.2, 0.25) is 5.02 Å². The number of aromatic nitrogens is 1. The Morgan fingerprint density at radius 3 is 2.47 bits per heavy atom. The molecule has 0 spiro atoms. The van der Waals surface area contributed by atoms with E-state index in [2.05, 4.69) is 4.98 Å². The van der Waals surface area contributed by atoms with E-state index < -0.39 is 5.82 Å². The van der Waals surface area contributed by atoms with E-state index in [1.54, 1.807) is 12.1 Å². The topological polar surface area (TPSA) is 36.7 Å². The molecule has 0 saturated carbocycles. The van der Waals surface area contributed by atoms with Gasteiger partial charge in [0.2, 0.25) is 0 Å². The molecule has 0 amide bonds. The third-order valence-corrected chi connectivity index (χ3v) is 3.10. The minimum atomic E-state index is -0.570. The van der Waals surface area contributed by atoms with Crippen LogP contribution in [0.3, 0.4) is 0 Å². The minimum absolute atomic E-state index is 0.0443. The van der Waals surface area contributed by atoms with Gasteiger partial charge in [-0.15, -0.1) is 0 Å². The van der Waals surface area contributed by atoms with Gasteiger partial charge >= 0.3 is 0 Å². The molecular weight excluding hydrogens is 286 g/mol. The highest BCUT2D eigenvalue weighted by Gasteiger charge is 2.13. The monoisotopic (exact) mass is 292 g/mol. The molecule has 1 heterocycles. The molecule has 0 aliphatic heterocycles. The summed E-state index contributed by atoms with van der Waals surface area (Å²) in [6.45, 7) is 0. The van der Waals surface area contributed by atoms with Crippen LogP contribution < -0.4 is 0 Å². The van der Waals surface area contributed by atoms with Crippen molar-refractivity contribution in [1.82, 2.24) is 4.98 Å². The average Bonchev–Trinajstić information content (AvgIpc) is 2.40. The van der Waals surface area contributed by atoms with Crippen molar-refractivity contribution in [3.63, 3.8) is 0 Å². The molecule has 0 unspecified atom stereocenters. The van der Waals surface area contributed by atoms with Gasteiger partial charge in [0.1, 0.15) is 11.9 Å². The second-order valence-corrected chi connectivity index (χ2v) is 4.48. The van der Waals surface area contributed by atoms with Crippen molar-refractivity contribution >= 4 is 33.8 Å². The van der Waals surface area contributed by atoms with E-state index in [9.17, 15) is 9.65 Å². The first-order chi connectivity index (χ1) is 9.13. The highest BCUT2D eigenvalue weighted by Crippen LogP contribution is 2.31. The number of rotatable bonds is 2. The molecule has 5 heteroatoms. The van der Waals surface area contributed by atoms with E-state index in [0.717, 1.165) is 6.07 Å². The number of benzene rings is 1. The molecule has 1 aromatic heterocycles. The average molecular weight is 293 g/mol. The quantitative estimate of drug-likeness (QED) is 0.764. The molecule has 0 fully saturated rings. The predicted octanol–water partition coefficient (Wildman–Crippen LogP) is 4.50. The van der Waals surface area contributed by atoms with Crippen LogP contribution in [-0.4, -0.2) is 4.98 Å². The fraction of sp³-hybridized carbons (Fsp3) is 0. The molecule has 0 aliphatic rings. The van der Waals surface area contributed by atoms with Crippen molar-refractivity contribution in [2.75, 3.05) is 0 Å². The first-order valence-corrected chi connectivity index (χ1v) is 6.04. The van der Waals surface area contributed by atoms with Crippen LogP contribution >= 0.6 is 23.2 Å². The van der Waals surface area contributed by atoms with Gasteiger partial charge in [0.15, 0.2) is 0 Å². The standard InChI is InChI=1S/C14H7Cl2FN2/c15-10-1-2-11(13(17)7-10)14(16)12(8-18)9-3-5-19-6-4-9/h1-7H/b14-12+. The first kappa shape index (κ1) is 13.5. The van der Waals surface area contributed by atoms with Gasteiger partial charge in [0.05, 0.1) is 10.6 Å². The van der Waals surface area contributed by atoms with Crippen LogP contribution in [0.25, 0.3) is 10.6 Å².